The predicted molar refractivity (Wildman–Crippen MR) is 190 cm³/mol. The largest absolute Gasteiger partial charge is 1.00 e. The van der Waals surface area contributed by atoms with E-state index < -0.39 is 52.8 Å². The number of aromatic hydroxyl groups is 2. The van der Waals surface area contributed by atoms with Crippen LogP contribution in [0.3, 0.4) is 0 Å². The van der Waals surface area contributed by atoms with E-state index in [1.807, 2.05) is 0 Å². The van der Waals surface area contributed by atoms with E-state index in [0.717, 1.165) is 12.1 Å². The number of phenols is 2. The van der Waals surface area contributed by atoms with Crippen molar-refractivity contribution in [1.29, 1.82) is 0 Å². The molecule has 21 heteroatoms. The van der Waals surface area contributed by atoms with Crippen molar-refractivity contribution in [3.63, 3.8) is 0 Å². The molecule has 0 aromatic heterocycles. The topological polar surface area (TPSA) is 280 Å². The fraction of sp³-hybridized carbons (Fsp3) is 0. The molecular weight excluding hydrogens is 773 g/mol. The van der Waals surface area contributed by atoms with Crippen LogP contribution in [0.5, 0.6) is 11.5 Å². The van der Waals surface area contributed by atoms with Crippen molar-refractivity contribution in [2.24, 2.45) is 40.9 Å². The smallest absolute Gasteiger partial charge is 0.744 e. The van der Waals surface area contributed by atoms with Crippen molar-refractivity contribution >= 4 is 82.2 Å². The summed E-state index contributed by atoms with van der Waals surface area (Å²) in [7, 11) is -10.6. The Bertz CT molecular complexity index is 2680. The number of benzene rings is 6. The van der Waals surface area contributed by atoms with Crippen LogP contribution in [0.1, 0.15) is 0 Å². The Morgan fingerprint density at radius 1 is 0.473 bits per heavy atom. The Labute approximate surface area is 357 Å². The van der Waals surface area contributed by atoms with Crippen LogP contribution in [-0.2, 0) is 20.2 Å². The third-order valence-corrected chi connectivity index (χ3v) is 8.95. The first-order valence-corrected chi connectivity index (χ1v) is 17.8. The molecule has 0 amide bonds. The van der Waals surface area contributed by atoms with Gasteiger partial charge in [0.05, 0.1) is 55.0 Å². The molecule has 0 radical (unpaired) electrons. The molecular formula is C34H23N9Na2O8S2. The van der Waals surface area contributed by atoms with Gasteiger partial charge in [0, 0.05) is 0 Å². The Morgan fingerprint density at radius 3 is 1.20 bits per heavy atom. The molecule has 0 aliphatic heterocycles. The molecule has 0 saturated heterocycles. The zero-order valence-electron chi connectivity index (χ0n) is 28.8. The second kappa shape index (κ2) is 18.2. The third-order valence-electron chi connectivity index (χ3n) is 7.25. The van der Waals surface area contributed by atoms with Gasteiger partial charge >= 0.3 is 59.1 Å². The van der Waals surface area contributed by atoms with Gasteiger partial charge in [-0.15, -0.1) is 10.2 Å². The zero-order chi connectivity index (χ0) is 37.8. The van der Waals surface area contributed by atoms with Crippen LogP contribution in [-0.4, -0.2) is 36.2 Å². The molecule has 0 atom stereocenters. The summed E-state index contributed by atoms with van der Waals surface area (Å²) < 4.78 is 73.2. The monoisotopic (exact) mass is 795 g/mol. The van der Waals surface area contributed by atoms with Crippen LogP contribution in [0.15, 0.2) is 166 Å². The summed E-state index contributed by atoms with van der Waals surface area (Å²) in [5.74, 6) is -0.820. The molecule has 17 nitrogen and oxygen atoms in total. The molecule has 0 saturated carbocycles. The van der Waals surface area contributed by atoms with Gasteiger partial charge in [0.25, 0.3) is 0 Å². The summed E-state index contributed by atoms with van der Waals surface area (Å²) in [6.07, 6.45) is 0. The molecule has 6 rings (SSSR count). The van der Waals surface area contributed by atoms with Gasteiger partial charge < -0.3 is 25.1 Å². The van der Waals surface area contributed by atoms with E-state index in [-0.39, 0.29) is 87.0 Å². The van der Waals surface area contributed by atoms with E-state index in [9.17, 15) is 36.2 Å². The molecule has 6 aromatic carbocycles. The first kappa shape index (κ1) is 42.9. The molecule has 0 aliphatic rings. The average Bonchev–Trinajstić information content (AvgIpc) is 3.13. The molecule has 0 heterocycles. The molecule has 0 bridgehead atoms. The number of nitrogen functional groups attached to an aromatic ring is 1. The maximum absolute atomic E-state index is 12.3. The summed E-state index contributed by atoms with van der Waals surface area (Å²) in [5, 5.41) is 51.9. The summed E-state index contributed by atoms with van der Waals surface area (Å²) in [5.41, 5.74) is 6.71. The Morgan fingerprint density at radius 2 is 0.800 bits per heavy atom. The number of hydrogen-bond donors (Lipinski definition) is 3. The van der Waals surface area contributed by atoms with Gasteiger partial charge in [-0.25, -0.2) is 16.8 Å². The van der Waals surface area contributed by atoms with Gasteiger partial charge in [-0.1, -0.05) is 18.2 Å². The minimum absolute atomic E-state index is 0. The number of rotatable bonds is 10. The average molecular weight is 796 g/mol. The van der Waals surface area contributed by atoms with E-state index in [1.54, 1.807) is 66.7 Å². The zero-order valence-corrected chi connectivity index (χ0v) is 34.4. The van der Waals surface area contributed by atoms with E-state index in [2.05, 4.69) is 40.9 Å². The van der Waals surface area contributed by atoms with Crippen molar-refractivity contribution in [2.45, 2.75) is 9.79 Å². The molecule has 0 spiro atoms. The van der Waals surface area contributed by atoms with Crippen LogP contribution >= 0.6 is 0 Å². The predicted octanol–water partition coefficient (Wildman–Crippen LogP) is 3.31. The van der Waals surface area contributed by atoms with Gasteiger partial charge in [0.1, 0.15) is 37.4 Å². The van der Waals surface area contributed by atoms with E-state index >= 15 is 0 Å². The number of anilines is 1. The molecule has 4 N–H and O–H groups in total. The minimum atomic E-state index is -5.35. The van der Waals surface area contributed by atoms with Crippen LogP contribution in [0, 0.1) is 0 Å². The number of phenolic OH excluding ortho intramolecular Hbond substituents is 2. The Balaban J connectivity index is 0.00000336. The van der Waals surface area contributed by atoms with Crippen molar-refractivity contribution in [3.05, 3.63) is 115 Å². The molecule has 0 aliphatic carbocycles. The standard InChI is InChI=1S/C34H25N9O8S2.2Na/c35-31-30-20(18-28(52(46,47)48)32(31)42-40-21-4-2-1-3-5-21)19-29(53(49,50)51)33(34(30)45)43-41-25-12-10-24(11-13-25)37-36-22-6-8-23(9-7-22)38-39-26-14-16-27(44)17-15-26;;/h1-19,44-45H,35H2,(H,46,47,48)(H,49,50,51);;/q;2*+1/p-2. The van der Waals surface area contributed by atoms with Crippen LogP contribution in [0.2, 0.25) is 0 Å². The van der Waals surface area contributed by atoms with E-state index in [4.69, 9.17) is 5.73 Å². The summed E-state index contributed by atoms with van der Waals surface area (Å²) in [6.45, 7) is 0. The summed E-state index contributed by atoms with van der Waals surface area (Å²) in [4.78, 5) is -2.02. The second-order valence-corrected chi connectivity index (χ2v) is 13.6. The molecule has 0 fully saturated rings. The molecule has 6 aromatic rings. The van der Waals surface area contributed by atoms with Gasteiger partial charge in [-0.3, -0.25) is 0 Å². The van der Waals surface area contributed by atoms with E-state index in [1.165, 1.54) is 36.4 Å². The van der Waals surface area contributed by atoms with Gasteiger partial charge in [0.2, 0.25) is 0 Å². The number of nitrogens with two attached hydrogens (primary N) is 1. The van der Waals surface area contributed by atoms with Crippen LogP contribution < -0.4 is 64.8 Å². The number of nitrogens with zero attached hydrogens (tertiary/aromatic N) is 8. The fourth-order valence-electron chi connectivity index (χ4n) is 4.72. The quantitative estimate of drug-likeness (QED) is 0.0792. The molecule has 0 unspecified atom stereocenters. The summed E-state index contributed by atoms with van der Waals surface area (Å²) >= 11 is 0. The normalized spacial score (nSPS) is 12.1. The van der Waals surface area contributed by atoms with Gasteiger partial charge in [0.15, 0.2) is 5.75 Å². The van der Waals surface area contributed by atoms with Crippen molar-refractivity contribution in [3.8, 4) is 11.5 Å². The SMILES string of the molecule is Nc1c(N=Nc2ccccc2)c(S(=O)(=O)[O-])cc2cc(S(=O)(=O)[O-])c(N=Nc3ccc(N=Nc4ccc(N=Nc5ccc(O)cc5)cc4)cc3)c(O)c12.[Na+].[Na+]. The minimum Gasteiger partial charge on any atom is -0.744 e. The Kier molecular flexibility index (Phi) is 14.2. The first-order valence-electron chi connectivity index (χ1n) is 15.0. The number of fused-ring (bicyclic) bond motifs is 1. The first-order chi connectivity index (χ1) is 25.3. The number of hydrogen-bond acceptors (Lipinski definition) is 17. The fourth-order valence-corrected chi connectivity index (χ4v) is 6.03. The second-order valence-electron chi connectivity index (χ2n) is 10.9. The molecule has 55 heavy (non-hydrogen) atoms. The van der Waals surface area contributed by atoms with Crippen molar-refractivity contribution in [2.75, 3.05) is 5.73 Å². The summed E-state index contributed by atoms with van der Waals surface area (Å²) in [6, 6.07) is 28.4. The third kappa shape index (κ3) is 10.7. The van der Waals surface area contributed by atoms with E-state index in [0.29, 0.717) is 22.7 Å². The van der Waals surface area contributed by atoms with Crippen LogP contribution in [0.25, 0.3) is 10.8 Å². The van der Waals surface area contributed by atoms with Gasteiger partial charge in [-0.2, -0.15) is 30.7 Å². The number of azo groups is 4. The molecule has 266 valence electrons. The maximum atomic E-state index is 12.3. The Hall–Kier alpha value is -4.80. The van der Waals surface area contributed by atoms with Crippen molar-refractivity contribution in [1.82, 2.24) is 0 Å². The van der Waals surface area contributed by atoms with Crippen molar-refractivity contribution < 1.29 is 95.3 Å². The van der Waals surface area contributed by atoms with Gasteiger partial charge in [-0.05, 0) is 102 Å². The maximum Gasteiger partial charge on any atom is 1.00 e. The van der Waals surface area contributed by atoms with Crippen LogP contribution in [0.4, 0.5) is 51.2 Å².